The van der Waals surface area contributed by atoms with Gasteiger partial charge in [0.15, 0.2) is 24.2 Å². The summed E-state index contributed by atoms with van der Waals surface area (Å²) < 4.78 is 79.3. The summed E-state index contributed by atoms with van der Waals surface area (Å²) in [6.07, 6.45) is -12.5. The van der Waals surface area contributed by atoms with Gasteiger partial charge in [-0.3, -0.25) is 14.4 Å². The molecule has 0 amide bonds. The number of alkyl halides is 1. The molecule has 326 valence electrons. The lowest BCUT2D eigenvalue weighted by Gasteiger charge is -2.53. The van der Waals surface area contributed by atoms with Crippen LogP contribution in [0.1, 0.15) is 49.9 Å². The molecule has 0 radical (unpaired) electrons. The molecule has 0 saturated carbocycles. The summed E-state index contributed by atoms with van der Waals surface area (Å²) >= 11 is 0. The number of carbonyl (C=O) groups excluding carboxylic acids is 3. The SMILES string of the molecule is CC(=O)OC[C@H]1O[C@H](O[C@@]2(C)O[C@H](COCc3ccccc3)[C@@H](OCc3ccccc3)[C@H](OCc3ccccc3)[C@H]2OCc2ccccc2)[C@H](OC(C)=O)[C@@H](F)[C@@H]1OC(C)=O. The minimum Gasteiger partial charge on any atom is -0.463 e. The molecule has 0 bridgehead atoms. The van der Waals surface area contributed by atoms with Crippen LogP contribution in [0.3, 0.4) is 0 Å². The quantitative estimate of drug-likeness (QED) is 0.0742. The van der Waals surface area contributed by atoms with Crippen LogP contribution in [0.4, 0.5) is 4.39 Å². The molecule has 0 aromatic heterocycles. The van der Waals surface area contributed by atoms with Crippen LogP contribution in [-0.4, -0.2) is 92.1 Å². The van der Waals surface area contributed by atoms with Crippen LogP contribution in [0.25, 0.3) is 0 Å². The first-order valence-electron chi connectivity index (χ1n) is 20.2. The zero-order valence-corrected chi connectivity index (χ0v) is 34.7. The van der Waals surface area contributed by atoms with E-state index in [0.29, 0.717) is 0 Å². The summed E-state index contributed by atoms with van der Waals surface area (Å²) in [6.45, 7) is 5.05. The number of benzene rings is 4. The summed E-state index contributed by atoms with van der Waals surface area (Å²) in [5, 5.41) is 0. The Kier molecular flexibility index (Phi) is 16.5. The number of hydrogen-bond donors (Lipinski definition) is 0. The summed E-state index contributed by atoms with van der Waals surface area (Å²) in [5.41, 5.74) is 3.51. The molecular formula is C47H53FO13. The molecule has 61 heavy (non-hydrogen) atoms. The Labute approximate surface area is 355 Å². The van der Waals surface area contributed by atoms with Gasteiger partial charge in [-0.2, -0.15) is 0 Å². The van der Waals surface area contributed by atoms with Gasteiger partial charge in [-0.15, -0.1) is 0 Å². The average Bonchev–Trinajstić information content (AvgIpc) is 3.25. The van der Waals surface area contributed by atoms with E-state index >= 15 is 4.39 Å². The third-order valence-corrected chi connectivity index (χ3v) is 10.1. The summed E-state index contributed by atoms with van der Waals surface area (Å²) in [5.74, 6) is -4.26. The van der Waals surface area contributed by atoms with Crippen molar-refractivity contribution in [3.63, 3.8) is 0 Å². The van der Waals surface area contributed by atoms with E-state index in [4.69, 9.17) is 47.4 Å². The molecule has 2 heterocycles. The molecule has 4 aromatic rings. The minimum absolute atomic E-state index is 0.0157. The van der Waals surface area contributed by atoms with Crippen LogP contribution in [0.15, 0.2) is 121 Å². The van der Waals surface area contributed by atoms with Gasteiger partial charge in [0.05, 0.1) is 33.0 Å². The Bertz CT molecular complexity index is 1950. The van der Waals surface area contributed by atoms with Gasteiger partial charge in [-0.1, -0.05) is 121 Å². The van der Waals surface area contributed by atoms with Crippen LogP contribution in [-0.2, 0) is 88.2 Å². The first kappa shape index (κ1) is 45.5. The van der Waals surface area contributed by atoms with Crippen molar-refractivity contribution in [3.05, 3.63) is 144 Å². The molecule has 2 aliphatic rings. The summed E-state index contributed by atoms with van der Waals surface area (Å²) in [4.78, 5) is 36.6. The second kappa shape index (κ2) is 22.2. The molecular weight excluding hydrogens is 792 g/mol. The maximum Gasteiger partial charge on any atom is 0.303 e. The van der Waals surface area contributed by atoms with Gasteiger partial charge in [-0.05, 0) is 29.2 Å². The van der Waals surface area contributed by atoms with Crippen LogP contribution in [0.5, 0.6) is 0 Å². The third kappa shape index (κ3) is 13.0. The fourth-order valence-electron chi connectivity index (χ4n) is 7.31. The van der Waals surface area contributed by atoms with E-state index < -0.39 is 85.5 Å². The highest BCUT2D eigenvalue weighted by Crippen LogP contribution is 2.41. The van der Waals surface area contributed by atoms with Gasteiger partial charge in [0, 0.05) is 20.8 Å². The number of carbonyl (C=O) groups is 3. The van der Waals surface area contributed by atoms with E-state index in [1.54, 1.807) is 6.92 Å². The van der Waals surface area contributed by atoms with Crippen molar-refractivity contribution in [2.75, 3.05) is 13.2 Å². The minimum atomic E-state index is -2.19. The van der Waals surface area contributed by atoms with Gasteiger partial charge >= 0.3 is 17.9 Å². The van der Waals surface area contributed by atoms with Crippen LogP contribution >= 0.6 is 0 Å². The zero-order chi connectivity index (χ0) is 43.2. The Hall–Kier alpha value is -5.06. The highest BCUT2D eigenvalue weighted by molar-refractivity contribution is 5.67. The Morgan fingerprint density at radius 2 is 1.02 bits per heavy atom. The number of ether oxygens (including phenoxy) is 10. The number of hydrogen-bond acceptors (Lipinski definition) is 13. The lowest BCUT2D eigenvalue weighted by Crippen LogP contribution is -2.69. The number of esters is 3. The maximum atomic E-state index is 16.7. The van der Waals surface area contributed by atoms with Crippen molar-refractivity contribution in [2.45, 2.75) is 115 Å². The predicted molar refractivity (Wildman–Crippen MR) is 217 cm³/mol. The van der Waals surface area contributed by atoms with Crippen molar-refractivity contribution in [3.8, 4) is 0 Å². The van der Waals surface area contributed by atoms with Crippen molar-refractivity contribution in [1.82, 2.24) is 0 Å². The number of rotatable bonds is 19. The summed E-state index contributed by atoms with van der Waals surface area (Å²) in [6, 6.07) is 38.3. The monoisotopic (exact) mass is 844 g/mol. The van der Waals surface area contributed by atoms with E-state index in [9.17, 15) is 14.4 Å². The molecule has 4 aromatic carbocycles. The van der Waals surface area contributed by atoms with Gasteiger partial charge in [-0.25, -0.2) is 4.39 Å². The van der Waals surface area contributed by atoms with E-state index in [0.717, 1.165) is 36.1 Å². The molecule has 14 heteroatoms. The van der Waals surface area contributed by atoms with Crippen LogP contribution < -0.4 is 0 Å². The molecule has 10 atom stereocenters. The highest BCUT2D eigenvalue weighted by Gasteiger charge is 2.60. The fourth-order valence-corrected chi connectivity index (χ4v) is 7.31. The highest BCUT2D eigenvalue weighted by atomic mass is 19.1. The molecule has 0 aliphatic carbocycles. The standard InChI is InChI=1S/C47H53FO13/c1-31(49)53-30-38-41(57-32(2)50)40(48)43(58-33(3)51)46(59-38)61-47(4)45(56-28-37-23-15-8-16-24-37)44(55-27-36-21-13-7-14-22-36)42(54-26-35-19-11-6-12-20-35)39(60-47)29-52-25-34-17-9-5-10-18-34/h5-24,38-46H,25-30H2,1-4H3/t38-,39-,40+,41-,42-,43-,44+,45-,46-,47-/m1/s1. The maximum absolute atomic E-state index is 16.7. The molecule has 0 unspecified atom stereocenters. The topological polar surface area (TPSA) is 144 Å². The van der Waals surface area contributed by atoms with Gasteiger partial charge in [0.25, 0.3) is 0 Å². The van der Waals surface area contributed by atoms with Gasteiger partial charge in [0.1, 0.15) is 37.1 Å². The van der Waals surface area contributed by atoms with Crippen LogP contribution in [0.2, 0.25) is 0 Å². The molecule has 0 N–H and O–H groups in total. The van der Waals surface area contributed by atoms with Crippen LogP contribution in [0, 0.1) is 0 Å². The normalized spacial score (nSPS) is 27.5. The van der Waals surface area contributed by atoms with E-state index in [2.05, 4.69) is 0 Å². The fraction of sp³-hybridized carbons (Fsp3) is 0.426. The largest absolute Gasteiger partial charge is 0.463 e. The van der Waals surface area contributed by atoms with E-state index in [1.165, 1.54) is 6.92 Å². The average molecular weight is 845 g/mol. The first-order valence-corrected chi connectivity index (χ1v) is 20.2. The molecule has 2 saturated heterocycles. The lowest BCUT2D eigenvalue weighted by molar-refractivity contribution is -0.424. The third-order valence-electron chi connectivity index (χ3n) is 10.1. The van der Waals surface area contributed by atoms with Crippen molar-refractivity contribution >= 4 is 17.9 Å². The molecule has 6 rings (SSSR count). The zero-order valence-electron chi connectivity index (χ0n) is 34.7. The Balaban J connectivity index is 1.41. The van der Waals surface area contributed by atoms with Crippen molar-refractivity contribution in [2.24, 2.45) is 0 Å². The Morgan fingerprint density at radius 1 is 0.557 bits per heavy atom. The predicted octanol–water partition coefficient (Wildman–Crippen LogP) is 6.58. The van der Waals surface area contributed by atoms with Gasteiger partial charge in [0.2, 0.25) is 6.29 Å². The second-order valence-electron chi connectivity index (χ2n) is 15.0. The molecule has 2 aliphatic heterocycles. The van der Waals surface area contributed by atoms with Crippen molar-refractivity contribution in [1.29, 1.82) is 0 Å². The van der Waals surface area contributed by atoms with Gasteiger partial charge < -0.3 is 47.4 Å². The van der Waals surface area contributed by atoms with Crippen molar-refractivity contribution < 1.29 is 66.1 Å². The number of halogens is 1. The molecule has 2 fully saturated rings. The summed E-state index contributed by atoms with van der Waals surface area (Å²) in [7, 11) is 0. The van der Waals surface area contributed by atoms with E-state index in [-0.39, 0.29) is 33.0 Å². The lowest BCUT2D eigenvalue weighted by atomic mass is 9.91. The molecule has 13 nitrogen and oxygen atoms in total. The van der Waals surface area contributed by atoms with E-state index in [1.807, 2.05) is 121 Å². The second-order valence-corrected chi connectivity index (χ2v) is 15.0. The molecule has 0 spiro atoms. The smallest absolute Gasteiger partial charge is 0.303 e. The first-order chi connectivity index (χ1) is 29.5. The Morgan fingerprint density at radius 3 is 1.51 bits per heavy atom.